The molecule has 1 amide bonds. The van der Waals surface area contributed by atoms with Gasteiger partial charge in [-0.1, -0.05) is 32.0 Å². The summed E-state index contributed by atoms with van der Waals surface area (Å²) in [6.45, 7) is 7.52. The Balaban J connectivity index is 0.00000264. The van der Waals surface area contributed by atoms with Crippen LogP contribution in [0, 0.1) is 5.92 Å². The quantitative estimate of drug-likeness (QED) is 0.829. The Morgan fingerprint density at radius 1 is 1.30 bits per heavy atom. The maximum Gasteiger partial charge on any atom is 0.227 e. The normalized spacial score (nSPS) is 13.4. The van der Waals surface area contributed by atoms with E-state index in [9.17, 15) is 4.79 Å². The molecule has 0 fully saturated rings. The minimum atomic E-state index is -0.0563. The summed E-state index contributed by atoms with van der Waals surface area (Å²) in [4.78, 5) is 14.6. The number of nitrogens with one attached hydrogen (secondary N) is 1. The zero-order valence-electron chi connectivity index (χ0n) is 14.3. The molecule has 2 unspecified atom stereocenters. The van der Waals surface area contributed by atoms with E-state index in [2.05, 4.69) is 12.2 Å². The minimum Gasteiger partial charge on any atom is -0.459 e. The van der Waals surface area contributed by atoms with Crippen molar-refractivity contribution in [2.45, 2.75) is 33.2 Å². The number of carbonyl (C=O) groups is 1. The van der Waals surface area contributed by atoms with Gasteiger partial charge >= 0.3 is 0 Å². The highest BCUT2D eigenvalue weighted by Gasteiger charge is 2.26. The van der Waals surface area contributed by atoms with Gasteiger partial charge in [0.05, 0.1) is 6.04 Å². The number of amides is 1. The van der Waals surface area contributed by atoms with Crippen molar-refractivity contribution in [2.24, 2.45) is 5.92 Å². The van der Waals surface area contributed by atoms with Crippen LogP contribution in [0.15, 0.2) is 34.7 Å². The van der Waals surface area contributed by atoms with Gasteiger partial charge < -0.3 is 14.6 Å². The largest absolute Gasteiger partial charge is 0.459 e. The van der Waals surface area contributed by atoms with E-state index in [4.69, 9.17) is 4.42 Å². The molecular weight excluding hydrogens is 312 g/mol. The molecule has 5 heteroatoms. The van der Waals surface area contributed by atoms with E-state index in [1.54, 1.807) is 0 Å². The van der Waals surface area contributed by atoms with Gasteiger partial charge in [-0.05, 0) is 32.5 Å². The average Bonchev–Trinajstić information content (AvgIpc) is 2.95. The van der Waals surface area contributed by atoms with Gasteiger partial charge in [0, 0.05) is 24.4 Å². The summed E-state index contributed by atoms with van der Waals surface area (Å²) in [6, 6.07) is 9.93. The average molecular weight is 339 g/mol. The number of hydrogen-bond donors (Lipinski definition) is 1. The maximum absolute atomic E-state index is 12.7. The first kappa shape index (κ1) is 19.5. The summed E-state index contributed by atoms with van der Waals surface area (Å²) >= 11 is 0. The molecule has 0 bridgehead atoms. The van der Waals surface area contributed by atoms with E-state index in [1.807, 2.05) is 56.1 Å². The number of para-hydroxylation sites is 1. The minimum absolute atomic E-state index is 0. The monoisotopic (exact) mass is 338 g/mol. The first-order valence-electron chi connectivity index (χ1n) is 8.02. The molecule has 0 spiro atoms. The molecule has 23 heavy (non-hydrogen) atoms. The number of carbonyl (C=O) groups excluding carboxylic acids is 1. The van der Waals surface area contributed by atoms with Crippen LogP contribution in [-0.4, -0.2) is 30.9 Å². The number of furan rings is 1. The summed E-state index contributed by atoms with van der Waals surface area (Å²) in [5, 5.41) is 4.15. The van der Waals surface area contributed by atoms with Crippen molar-refractivity contribution in [3.63, 3.8) is 0 Å². The molecule has 0 radical (unpaired) electrons. The summed E-state index contributed by atoms with van der Waals surface area (Å²) in [5.41, 5.74) is 0.872. The lowest BCUT2D eigenvalue weighted by Gasteiger charge is -2.30. The van der Waals surface area contributed by atoms with Crippen molar-refractivity contribution in [1.29, 1.82) is 0 Å². The fourth-order valence-corrected chi connectivity index (χ4v) is 2.77. The lowest BCUT2D eigenvalue weighted by Crippen LogP contribution is -2.40. The molecule has 0 saturated heterocycles. The molecule has 1 aromatic carbocycles. The lowest BCUT2D eigenvalue weighted by atomic mass is 10.1. The lowest BCUT2D eigenvalue weighted by molar-refractivity contribution is -0.137. The number of halogens is 1. The van der Waals surface area contributed by atoms with Crippen molar-refractivity contribution >= 4 is 29.3 Å². The van der Waals surface area contributed by atoms with Crippen LogP contribution in [0.1, 0.15) is 39.0 Å². The Kier molecular flexibility index (Phi) is 7.59. The second-order valence-electron chi connectivity index (χ2n) is 5.85. The molecular formula is C18H27ClN2O2. The van der Waals surface area contributed by atoms with Crippen LogP contribution in [0.5, 0.6) is 0 Å². The van der Waals surface area contributed by atoms with Crippen LogP contribution < -0.4 is 5.32 Å². The van der Waals surface area contributed by atoms with Gasteiger partial charge in [0.2, 0.25) is 5.91 Å². The van der Waals surface area contributed by atoms with Crippen molar-refractivity contribution in [1.82, 2.24) is 10.2 Å². The van der Waals surface area contributed by atoms with Gasteiger partial charge in [-0.15, -0.1) is 12.4 Å². The van der Waals surface area contributed by atoms with Crippen molar-refractivity contribution in [3.8, 4) is 0 Å². The number of nitrogens with zero attached hydrogens (tertiary/aromatic N) is 1. The standard InChI is InChI=1S/C18H26N2O2.ClH/c1-5-10-20(18(21)13(2)12-19-4)14(3)17-11-15-8-6-7-9-16(15)22-17;/h6-9,11,13-14,19H,5,10,12H2,1-4H3;1H. The Bertz CT molecular complexity index is 593. The van der Waals surface area contributed by atoms with E-state index in [0.29, 0.717) is 6.54 Å². The molecule has 2 rings (SSSR count). The number of hydrogen-bond acceptors (Lipinski definition) is 3. The summed E-state index contributed by atoms with van der Waals surface area (Å²) in [6.07, 6.45) is 0.933. The highest BCUT2D eigenvalue weighted by molar-refractivity contribution is 5.85. The summed E-state index contributed by atoms with van der Waals surface area (Å²) < 4.78 is 5.94. The van der Waals surface area contributed by atoms with Crippen molar-refractivity contribution in [2.75, 3.05) is 20.1 Å². The van der Waals surface area contributed by atoms with E-state index < -0.39 is 0 Å². The second-order valence-corrected chi connectivity index (χ2v) is 5.85. The smallest absolute Gasteiger partial charge is 0.227 e. The molecule has 128 valence electrons. The summed E-state index contributed by atoms with van der Waals surface area (Å²) in [7, 11) is 1.87. The molecule has 0 aliphatic carbocycles. The third kappa shape index (κ3) is 4.49. The highest BCUT2D eigenvalue weighted by Crippen LogP contribution is 2.28. The van der Waals surface area contributed by atoms with Gasteiger partial charge in [0.15, 0.2) is 0 Å². The Morgan fingerprint density at radius 2 is 2.00 bits per heavy atom. The third-order valence-electron chi connectivity index (χ3n) is 4.00. The van der Waals surface area contributed by atoms with Crippen LogP contribution in [-0.2, 0) is 4.79 Å². The topological polar surface area (TPSA) is 45.5 Å². The molecule has 1 N–H and O–H groups in total. The van der Waals surface area contributed by atoms with Gasteiger partial charge in [-0.2, -0.15) is 0 Å². The number of benzene rings is 1. The molecule has 0 aliphatic rings. The molecule has 1 aromatic heterocycles. The van der Waals surface area contributed by atoms with Crippen molar-refractivity contribution < 1.29 is 9.21 Å². The number of rotatable bonds is 7. The highest BCUT2D eigenvalue weighted by atomic mass is 35.5. The van der Waals surface area contributed by atoms with E-state index in [1.165, 1.54) is 0 Å². The van der Waals surface area contributed by atoms with E-state index in [-0.39, 0.29) is 30.3 Å². The maximum atomic E-state index is 12.7. The van der Waals surface area contributed by atoms with Crippen LogP contribution in [0.2, 0.25) is 0 Å². The Morgan fingerprint density at radius 3 is 2.61 bits per heavy atom. The SMILES string of the molecule is CCCN(C(=O)C(C)CNC)C(C)c1cc2ccccc2o1.Cl. The van der Waals surface area contributed by atoms with Gasteiger partial charge in [0.1, 0.15) is 11.3 Å². The summed E-state index contributed by atoms with van der Waals surface area (Å²) in [5.74, 6) is 0.979. The predicted octanol–water partition coefficient (Wildman–Crippen LogP) is 4.01. The van der Waals surface area contributed by atoms with Crippen LogP contribution >= 0.6 is 12.4 Å². The molecule has 0 saturated carbocycles. The number of fused-ring (bicyclic) bond motifs is 1. The van der Waals surface area contributed by atoms with E-state index in [0.717, 1.165) is 29.7 Å². The predicted molar refractivity (Wildman–Crippen MR) is 97.0 cm³/mol. The van der Waals surface area contributed by atoms with Gasteiger partial charge in [0.25, 0.3) is 0 Å². The van der Waals surface area contributed by atoms with Gasteiger partial charge in [-0.3, -0.25) is 4.79 Å². The fraction of sp³-hybridized carbons (Fsp3) is 0.500. The van der Waals surface area contributed by atoms with Crippen LogP contribution in [0.25, 0.3) is 11.0 Å². The van der Waals surface area contributed by atoms with E-state index >= 15 is 0 Å². The fourth-order valence-electron chi connectivity index (χ4n) is 2.77. The zero-order chi connectivity index (χ0) is 16.1. The Hall–Kier alpha value is -1.52. The van der Waals surface area contributed by atoms with Crippen LogP contribution in [0.4, 0.5) is 0 Å². The first-order valence-corrected chi connectivity index (χ1v) is 8.02. The molecule has 4 nitrogen and oxygen atoms in total. The molecule has 0 aliphatic heterocycles. The zero-order valence-corrected chi connectivity index (χ0v) is 15.2. The molecule has 2 atom stereocenters. The molecule has 1 heterocycles. The molecule has 2 aromatic rings. The van der Waals surface area contributed by atoms with Crippen LogP contribution in [0.3, 0.4) is 0 Å². The van der Waals surface area contributed by atoms with Gasteiger partial charge in [-0.25, -0.2) is 0 Å². The first-order chi connectivity index (χ1) is 10.6. The second kappa shape index (κ2) is 8.94. The Labute approximate surface area is 144 Å². The van der Waals surface area contributed by atoms with Crippen molar-refractivity contribution in [3.05, 3.63) is 36.1 Å². The third-order valence-corrected chi connectivity index (χ3v) is 4.00.